The minimum Gasteiger partial charge on any atom is -0.497 e. The molecule has 0 spiro atoms. The largest absolute Gasteiger partial charge is 0.497 e. The van der Waals surface area contributed by atoms with Crippen LogP contribution in [0.2, 0.25) is 0 Å². The molecule has 2 aromatic carbocycles. The molecule has 0 radical (unpaired) electrons. The molecule has 3 amide bonds. The maximum Gasteiger partial charge on any atom is 0.329 e. The Morgan fingerprint density at radius 3 is 2.41 bits per heavy atom. The number of carbonyl (C=O) groups excluding carboxylic acids is 3. The number of nitrogens with zero attached hydrogens (tertiary/aromatic N) is 1. The fourth-order valence-corrected chi connectivity index (χ4v) is 3.35. The molecule has 0 saturated heterocycles. The Kier molecular flexibility index (Phi) is 10.6. The quantitative estimate of drug-likeness (QED) is 0.171. The van der Waals surface area contributed by atoms with Gasteiger partial charge in [0.15, 0.2) is 18.1 Å². The van der Waals surface area contributed by atoms with Crippen LogP contribution in [-0.2, 0) is 14.4 Å². The van der Waals surface area contributed by atoms with Crippen LogP contribution in [0, 0.1) is 3.57 Å². The monoisotopic (exact) mass is 582 g/mol. The minimum absolute atomic E-state index is 0.112. The SMILES string of the molecule is CC[C@@H](C)NC(=O)C(=O)N/N=C\c1cc(I)c(OCC(=O)Nc2ccc(OC)cc2)c(OC)c1. The van der Waals surface area contributed by atoms with E-state index in [1.54, 1.807) is 50.4 Å². The standard InChI is InChI=1S/C23H27IN4O6/c1-5-14(2)26-22(30)23(31)28-25-12-15-10-18(24)21(19(11-15)33-4)34-13-20(29)27-16-6-8-17(32-3)9-7-16/h6-12,14H,5,13H2,1-4H3,(H,26,30)(H,27,29)(H,28,31)/b25-12-/t14-/m1/s1. The van der Waals surface area contributed by atoms with Crippen molar-refractivity contribution in [2.45, 2.75) is 26.3 Å². The maximum atomic E-state index is 12.3. The zero-order chi connectivity index (χ0) is 25.1. The van der Waals surface area contributed by atoms with Crippen molar-refractivity contribution in [3.63, 3.8) is 0 Å². The Hall–Kier alpha value is -3.35. The molecular weight excluding hydrogens is 555 g/mol. The number of anilines is 1. The van der Waals surface area contributed by atoms with Gasteiger partial charge < -0.3 is 24.8 Å². The van der Waals surface area contributed by atoms with Crippen molar-refractivity contribution >= 4 is 52.2 Å². The van der Waals surface area contributed by atoms with Gasteiger partial charge in [0.2, 0.25) is 0 Å². The molecule has 10 nitrogen and oxygen atoms in total. The van der Waals surface area contributed by atoms with Gasteiger partial charge in [0.05, 0.1) is 24.0 Å². The molecule has 0 unspecified atom stereocenters. The highest BCUT2D eigenvalue weighted by atomic mass is 127. The first-order chi connectivity index (χ1) is 16.3. The lowest BCUT2D eigenvalue weighted by Gasteiger charge is -2.13. The van der Waals surface area contributed by atoms with Gasteiger partial charge in [-0.05, 0) is 77.9 Å². The Morgan fingerprint density at radius 1 is 1.09 bits per heavy atom. The first-order valence-electron chi connectivity index (χ1n) is 10.4. The van der Waals surface area contributed by atoms with Crippen LogP contribution in [0.5, 0.6) is 17.2 Å². The Morgan fingerprint density at radius 2 is 1.79 bits per heavy atom. The second kappa shape index (κ2) is 13.4. The summed E-state index contributed by atoms with van der Waals surface area (Å²) in [6.45, 7) is 3.47. The molecular formula is C23H27IN4O6. The summed E-state index contributed by atoms with van der Waals surface area (Å²) in [4.78, 5) is 35.8. The lowest BCUT2D eigenvalue weighted by atomic mass is 10.2. The topological polar surface area (TPSA) is 127 Å². The van der Waals surface area contributed by atoms with E-state index in [9.17, 15) is 14.4 Å². The summed E-state index contributed by atoms with van der Waals surface area (Å²) in [5, 5.41) is 9.11. The van der Waals surface area contributed by atoms with Gasteiger partial charge in [-0.15, -0.1) is 0 Å². The fourth-order valence-electron chi connectivity index (χ4n) is 2.57. The van der Waals surface area contributed by atoms with Crippen LogP contribution < -0.4 is 30.3 Å². The first kappa shape index (κ1) is 26.9. The van der Waals surface area contributed by atoms with Crippen molar-refractivity contribution in [2.75, 3.05) is 26.1 Å². The van der Waals surface area contributed by atoms with E-state index in [-0.39, 0.29) is 18.6 Å². The van der Waals surface area contributed by atoms with Crippen LogP contribution in [0.25, 0.3) is 0 Å². The molecule has 0 aliphatic carbocycles. The van der Waals surface area contributed by atoms with E-state index < -0.39 is 11.8 Å². The van der Waals surface area contributed by atoms with Crippen LogP contribution in [0.15, 0.2) is 41.5 Å². The Labute approximate surface area is 211 Å². The van der Waals surface area contributed by atoms with Crippen molar-refractivity contribution in [1.29, 1.82) is 0 Å². The normalized spacial score (nSPS) is 11.4. The number of benzene rings is 2. The predicted molar refractivity (Wildman–Crippen MR) is 136 cm³/mol. The van der Waals surface area contributed by atoms with Crippen LogP contribution >= 0.6 is 22.6 Å². The fraction of sp³-hybridized carbons (Fsp3) is 0.304. The molecule has 11 heteroatoms. The van der Waals surface area contributed by atoms with Gasteiger partial charge in [-0.3, -0.25) is 14.4 Å². The van der Waals surface area contributed by atoms with Gasteiger partial charge in [-0.2, -0.15) is 5.10 Å². The van der Waals surface area contributed by atoms with Crippen molar-refractivity contribution in [2.24, 2.45) is 5.10 Å². The molecule has 2 rings (SSSR count). The van der Waals surface area contributed by atoms with E-state index in [0.717, 1.165) is 0 Å². The van der Waals surface area contributed by atoms with Gasteiger partial charge >= 0.3 is 11.8 Å². The van der Waals surface area contributed by atoms with Gasteiger partial charge in [-0.25, -0.2) is 5.43 Å². The molecule has 0 aliphatic heterocycles. The van der Waals surface area contributed by atoms with Crippen LogP contribution in [0.4, 0.5) is 5.69 Å². The number of hydrazone groups is 1. The number of methoxy groups -OCH3 is 2. The number of halogens is 1. The third-order valence-electron chi connectivity index (χ3n) is 4.55. The number of hydrogen-bond donors (Lipinski definition) is 3. The lowest BCUT2D eigenvalue weighted by molar-refractivity contribution is -0.139. The van der Waals surface area contributed by atoms with E-state index in [0.29, 0.717) is 38.5 Å². The minimum atomic E-state index is -0.860. The maximum absolute atomic E-state index is 12.3. The highest BCUT2D eigenvalue weighted by Gasteiger charge is 2.15. The smallest absolute Gasteiger partial charge is 0.329 e. The van der Waals surface area contributed by atoms with Crippen molar-refractivity contribution in [3.8, 4) is 17.2 Å². The second-order valence-corrected chi connectivity index (χ2v) is 8.24. The third-order valence-corrected chi connectivity index (χ3v) is 5.35. The summed E-state index contributed by atoms with van der Waals surface area (Å²) in [6, 6.07) is 10.2. The van der Waals surface area contributed by atoms with Gasteiger partial charge in [0.25, 0.3) is 5.91 Å². The highest BCUT2D eigenvalue weighted by Crippen LogP contribution is 2.33. The second-order valence-electron chi connectivity index (χ2n) is 7.08. The van der Waals surface area contributed by atoms with Crippen molar-refractivity contribution in [3.05, 3.63) is 45.5 Å². The van der Waals surface area contributed by atoms with E-state index in [1.165, 1.54) is 13.3 Å². The third kappa shape index (κ3) is 8.21. The number of carbonyl (C=O) groups is 3. The zero-order valence-electron chi connectivity index (χ0n) is 19.3. The molecule has 0 fully saturated rings. The number of nitrogens with one attached hydrogen (secondary N) is 3. The molecule has 34 heavy (non-hydrogen) atoms. The molecule has 0 saturated carbocycles. The average molecular weight is 582 g/mol. The molecule has 2 aromatic rings. The van der Waals surface area contributed by atoms with Crippen molar-refractivity contribution < 1.29 is 28.6 Å². The number of rotatable bonds is 10. The van der Waals surface area contributed by atoms with E-state index in [4.69, 9.17) is 14.2 Å². The van der Waals surface area contributed by atoms with Crippen molar-refractivity contribution in [1.82, 2.24) is 10.7 Å². The van der Waals surface area contributed by atoms with Crippen LogP contribution in [-0.4, -0.2) is 50.8 Å². The lowest BCUT2D eigenvalue weighted by Crippen LogP contribution is -2.41. The molecule has 3 N–H and O–H groups in total. The zero-order valence-corrected chi connectivity index (χ0v) is 21.5. The van der Waals surface area contributed by atoms with Crippen LogP contribution in [0.1, 0.15) is 25.8 Å². The van der Waals surface area contributed by atoms with E-state index in [2.05, 4.69) is 21.2 Å². The predicted octanol–water partition coefficient (Wildman–Crippen LogP) is 2.69. The number of amides is 3. The summed E-state index contributed by atoms with van der Waals surface area (Å²) in [5.74, 6) is -0.497. The highest BCUT2D eigenvalue weighted by molar-refractivity contribution is 14.1. The summed E-state index contributed by atoms with van der Waals surface area (Å²) < 4.78 is 16.8. The molecule has 0 aliphatic rings. The summed E-state index contributed by atoms with van der Waals surface area (Å²) in [7, 11) is 3.04. The molecule has 0 aromatic heterocycles. The summed E-state index contributed by atoms with van der Waals surface area (Å²) in [6.07, 6.45) is 2.08. The summed E-state index contributed by atoms with van der Waals surface area (Å²) >= 11 is 2.04. The Balaban J connectivity index is 1.97. The average Bonchev–Trinajstić information content (AvgIpc) is 2.83. The van der Waals surface area contributed by atoms with Gasteiger partial charge in [0.1, 0.15) is 5.75 Å². The van der Waals surface area contributed by atoms with E-state index >= 15 is 0 Å². The first-order valence-corrected chi connectivity index (χ1v) is 11.4. The van der Waals surface area contributed by atoms with Crippen LogP contribution in [0.3, 0.4) is 0 Å². The molecule has 1 atom stereocenters. The molecule has 182 valence electrons. The molecule has 0 heterocycles. The number of ether oxygens (including phenoxy) is 3. The molecule has 0 bridgehead atoms. The Bertz CT molecular complexity index is 1040. The summed E-state index contributed by atoms with van der Waals surface area (Å²) in [5.41, 5.74) is 3.40. The number of hydrogen-bond acceptors (Lipinski definition) is 7. The van der Waals surface area contributed by atoms with Gasteiger partial charge in [-0.1, -0.05) is 6.92 Å². The van der Waals surface area contributed by atoms with Gasteiger partial charge in [0, 0.05) is 11.7 Å². The van der Waals surface area contributed by atoms with E-state index in [1.807, 2.05) is 29.5 Å².